The minimum atomic E-state index is -0.0365. The zero-order chi connectivity index (χ0) is 24.8. The molecule has 194 valence electrons. The third-order valence-corrected chi connectivity index (χ3v) is 7.30. The first kappa shape index (κ1) is 28.2. The van der Waals surface area contributed by atoms with E-state index in [4.69, 9.17) is 27.9 Å². The van der Waals surface area contributed by atoms with Gasteiger partial charge in [0, 0.05) is 44.1 Å². The molecule has 0 aliphatic carbocycles. The summed E-state index contributed by atoms with van der Waals surface area (Å²) in [5, 5.41) is 4.30. The molecule has 1 fully saturated rings. The number of hydrogen-bond donors (Lipinski definition) is 2. The number of H-pyrrole nitrogens is 1. The molecule has 0 unspecified atom stereocenters. The zero-order valence-corrected chi connectivity index (χ0v) is 23.0. The Morgan fingerprint density at radius 3 is 2.47 bits per heavy atom. The third-order valence-electron chi connectivity index (χ3n) is 6.49. The summed E-state index contributed by atoms with van der Waals surface area (Å²) in [6.07, 6.45) is 1.99. The summed E-state index contributed by atoms with van der Waals surface area (Å²) in [6.45, 7) is 7.47. The van der Waals surface area contributed by atoms with E-state index in [0.29, 0.717) is 22.2 Å². The molecule has 6 nitrogen and oxygen atoms in total. The monoisotopic (exact) mass is 550 g/mol. The molecule has 2 aromatic carbocycles. The Kier molecular flexibility index (Phi) is 10.4. The zero-order valence-electron chi connectivity index (χ0n) is 20.7. The fraction of sp³-hybridized carbons (Fsp3) is 0.370. The van der Waals surface area contributed by atoms with E-state index in [9.17, 15) is 4.79 Å². The molecule has 2 heterocycles. The van der Waals surface area contributed by atoms with Crippen LogP contribution in [0.2, 0.25) is 10.0 Å². The number of rotatable bonds is 9. The number of aryl methyl sites for hydroxylation is 1. The van der Waals surface area contributed by atoms with E-state index in [1.807, 2.05) is 55.5 Å². The molecule has 0 atom stereocenters. The van der Waals surface area contributed by atoms with Crippen LogP contribution >= 0.6 is 35.6 Å². The van der Waals surface area contributed by atoms with Crippen molar-refractivity contribution in [3.63, 3.8) is 0 Å². The summed E-state index contributed by atoms with van der Waals surface area (Å²) in [5.41, 5.74) is 4.51. The number of halogens is 3. The highest BCUT2D eigenvalue weighted by Crippen LogP contribution is 2.33. The van der Waals surface area contributed by atoms with Gasteiger partial charge in [0.25, 0.3) is 5.91 Å². The fourth-order valence-corrected chi connectivity index (χ4v) is 4.84. The van der Waals surface area contributed by atoms with Crippen molar-refractivity contribution in [3.8, 4) is 17.0 Å². The summed E-state index contributed by atoms with van der Waals surface area (Å²) in [5.74, 6) is 0.771. The van der Waals surface area contributed by atoms with E-state index in [0.717, 1.165) is 74.0 Å². The molecule has 0 bridgehead atoms. The summed E-state index contributed by atoms with van der Waals surface area (Å²) in [6, 6.07) is 15.5. The number of carbonyl (C=O) groups is 1. The molecular weight excluding hydrogens is 519 g/mol. The number of carbonyl (C=O) groups excluding carboxylic acids is 1. The number of anilines is 1. The molecular formula is C27H33Cl3N4O2. The number of piperazine rings is 1. The molecule has 0 saturated carbocycles. The van der Waals surface area contributed by atoms with E-state index in [2.05, 4.69) is 20.1 Å². The average molecular weight is 552 g/mol. The predicted molar refractivity (Wildman–Crippen MR) is 151 cm³/mol. The van der Waals surface area contributed by atoms with E-state index in [1.54, 1.807) is 7.11 Å². The summed E-state index contributed by atoms with van der Waals surface area (Å²) in [7, 11) is 1.65. The van der Waals surface area contributed by atoms with Gasteiger partial charge in [0.2, 0.25) is 0 Å². The number of benzene rings is 2. The molecule has 0 radical (unpaired) electrons. The number of ether oxygens (including phenoxy) is 1. The number of hydrogen-bond acceptors (Lipinski definition) is 4. The van der Waals surface area contributed by atoms with Gasteiger partial charge in [-0.3, -0.25) is 9.69 Å². The molecule has 3 aromatic rings. The highest BCUT2D eigenvalue weighted by molar-refractivity contribution is 6.43. The van der Waals surface area contributed by atoms with E-state index in [-0.39, 0.29) is 18.3 Å². The van der Waals surface area contributed by atoms with Gasteiger partial charge in [0.05, 0.1) is 28.4 Å². The van der Waals surface area contributed by atoms with E-state index in [1.165, 1.54) is 0 Å². The molecule has 0 spiro atoms. The van der Waals surface area contributed by atoms with Crippen molar-refractivity contribution in [2.75, 3.05) is 51.3 Å². The molecule has 4 rings (SSSR count). The Morgan fingerprint density at radius 1 is 1.06 bits per heavy atom. The first-order valence-electron chi connectivity index (χ1n) is 12.0. The number of nitrogens with zero attached hydrogens (tertiary/aromatic N) is 2. The Labute approximate surface area is 229 Å². The molecule has 1 amide bonds. The predicted octanol–water partition coefficient (Wildman–Crippen LogP) is 6.06. The molecule has 1 aliphatic rings. The van der Waals surface area contributed by atoms with Gasteiger partial charge in [0.15, 0.2) is 0 Å². The van der Waals surface area contributed by atoms with Gasteiger partial charge in [-0.2, -0.15) is 0 Å². The standard InChI is InChI=1S/C27H32Cl2N4O2.ClH/c1-19-22(18-24(31-19)20-8-10-21(35-2)11-9-20)27(34)30-12-3-4-13-32-14-16-33(17-15-32)25-7-5-6-23(28)26(25)29;/h5-11,18,31H,3-4,12-17H2,1-2H3,(H,30,34);1H. The second-order valence-electron chi connectivity index (χ2n) is 8.81. The van der Waals surface area contributed by atoms with Crippen molar-refractivity contribution in [1.82, 2.24) is 15.2 Å². The lowest BCUT2D eigenvalue weighted by Gasteiger charge is -2.36. The highest BCUT2D eigenvalue weighted by atomic mass is 35.5. The normalized spacial score (nSPS) is 13.8. The Balaban J connectivity index is 0.00000361. The summed E-state index contributed by atoms with van der Waals surface area (Å²) >= 11 is 12.5. The number of aromatic nitrogens is 1. The maximum Gasteiger partial charge on any atom is 0.253 e. The molecule has 1 aliphatic heterocycles. The van der Waals surface area contributed by atoms with Crippen molar-refractivity contribution in [2.24, 2.45) is 0 Å². The van der Waals surface area contributed by atoms with Gasteiger partial charge in [-0.25, -0.2) is 0 Å². The minimum Gasteiger partial charge on any atom is -0.497 e. The lowest BCUT2D eigenvalue weighted by atomic mass is 10.1. The highest BCUT2D eigenvalue weighted by Gasteiger charge is 2.19. The Bertz CT molecular complexity index is 1140. The van der Waals surface area contributed by atoms with Crippen LogP contribution in [-0.2, 0) is 0 Å². The average Bonchev–Trinajstić information content (AvgIpc) is 3.27. The summed E-state index contributed by atoms with van der Waals surface area (Å²) < 4.78 is 5.22. The van der Waals surface area contributed by atoms with Crippen LogP contribution in [-0.4, -0.2) is 62.2 Å². The van der Waals surface area contributed by atoms with Crippen LogP contribution in [0.15, 0.2) is 48.5 Å². The van der Waals surface area contributed by atoms with Crippen LogP contribution < -0.4 is 15.0 Å². The van der Waals surface area contributed by atoms with Crippen molar-refractivity contribution < 1.29 is 9.53 Å². The van der Waals surface area contributed by atoms with Gasteiger partial charge in [0.1, 0.15) is 5.75 Å². The SMILES string of the molecule is COc1ccc(-c2cc(C(=O)NCCCCN3CCN(c4cccc(Cl)c4Cl)CC3)c(C)[nH]2)cc1.Cl. The molecule has 9 heteroatoms. The van der Waals surface area contributed by atoms with Gasteiger partial charge < -0.3 is 19.9 Å². The molecule has 1 aromatic heterocycles. The third kappa shape index (κ3) is 6.88. The van der Waals surface area contributed by atoms with Crippen LogP contribution in [0.1, 0.15) is 28.9 Å². The van der Waals surface area contributed by atoms with Crippen LogP contribution in [0.5, 0.6) is 5.75 Å². The first-order valence-corrected chi connectivity index (χ1v) is 12.8. The number of amides is 1. The maximum absolute atomic E-state index is 12.7. The maximum atomic E-state index is 12.7. The van der Waals surface area contributed by atoms with Crippen molar-refractivity contribution in [2.45, 2.75) is 19.8 Å². The minimum absolute atomic E-state index is 0. The second-order valence-corrected chi connectivity index (χ2v) is 9.60. The first-order chi connectivity index (χ1) is 17.0. The topological polar surface area (TPSA) is 60.6 Å². The Hall–Kier alpha value is -2.38. The van der Waals surface area contributed by atoms with Crippen LogP contribution in [0.3, 0.4) is 0 Å². The fourth-order valence-electron chi connectivity index (χ4n) is 4.43. The number of aromatic amines is 1. The van der Waals surface area contributed by atoms with Gasteiger partial charge in [-0.15, -0.1) is 12.4 Å². The van der Waals surface area contributed by atoms with Crippen LogP contribution in [0, 0.1) is 6.92 Å². The number of methoxy groups -OCH3 is 1. The van der Waals surface area contributed by atoms with Gasteiger partial charge in [-0.05, 0) is 74.3 Å². The van der Waals surface area contributed by atoms with E-state index >= 15 is 0 Å². The van der Waals surface area contributed by atoms with Crippen molar-refractivity contribution in [3.05, 3.63) is 69.8 Å². The van der Waals surface area contributed by atoms with Gasteiger partial charge in [-0.1, -0.05) is 29.3 Å². The smallest absolute Gasteiger partial charge is 0.253 e. The second kappa shape index (κ2) is 13.2. The quantitative estimate of drug-likeness (QED) is 0.317. The van der Waals surface area contributed by atoms with E-state index < -0.39 is 0 Å². The van der Waals surface area contributed by atoms with Crippen LogP contribution in [0.4, 0.5) is 5.69 Å². The van der Waals surface area contributed by atoms with Crippen LogP contribution in [0.25, 0.3) is 11.3 Å². The lowest BCUT2D eigenvalue weighted by molar-refractivity contribution is 0.0952. The molecule has 2 N–H and O–H groups in total. The lowest BCUT2D eigenvalue weighted by Crippen LogP contribution is -2.46. The Morgan fingerprint density at radius 2 is 1.78 bits per heavy atom. The summed E-state index contributed by atoms with van der Waals surface area (Å²) in [4.78, 5) is 20.8. The molecule has 1 saturated heterocycles. The molecule has 36 heavy (non-hydrogen) atoms. The largest absolute Gasteiger partial charge is 0.497 e. The number of nitrogens with one attached hydrogen (secondary N) is 2. The van der Waals surface area contributed by atoms with Gasteiger partial charge >= 0.3 is 0 Å². The number of unbranched alkanes of at least 4 members (excludes halogenated alkanes) is 1. The van der Waals surface area contributed by atoms with Crippen molar-refractivity contribution >= 4 is 47.2 Å². The van der Waals surface area contributed by atoms with Crippen molar-refractivity contribution in [1.29, 1.82) is 0 Å².